The fourth-order valence-electron chi connectivity index (χ4n) is 1.71. The highest BCUT2D eigenvalue weighted by molar-refractivity contribution is 5.86. The van der Waals surface area contributed by atoms with Crippen LogP contribution in [-0.4, -0.2) is 20.9 Å². The first kappa shape index (κ1) is 13.3. The van der Waals surface area contributed by atoms with E-state index in [1.165, 1.54) is 6.92 Å². The molecule has 5 nitrogen and oxygen atoms in total. The normalized spacial score (nSPS) is 11.4. The van der Waals surface area contributed by atoms with Gasteiger partial charge in [0.05, 0.1) is 11.4 Å². The predicted octanol–water partition coefficient (Wildman–Crippen LogP) is 2.73. The number of nitrogens with one attached hydrogen (secondary N) is 2. The molecule has 0 saturated heterocycles. The molecule has 2 rings (SSSR count). The highest BCUT2D eigenvalue weighted by atomic mass is 16.1. The molecule has 2 aromatic rings. The van der Waals surface area contributed by atoms with E-state index < -0.39 is 0 Å². The molecule has 0 atom stereocenters. The SMILES string of the molecule is CC(=O)Nc1nccc(-c2ccc(C(C)(C)C)[nH]2)n1. The summed E-state index contributed by atoms with van der Waals surface area (Å²) in [6, 6.07) is 5.85. The second-order valence-electron chi connectivity index (χ2n) is 5.48. The lowest BCUT2D eigenvalue weighted by Gasteiger charge is -2.16. The Labute approximate surface area is 112 Å². The Morgan fingerprint density at radius 2 is 2.00 bits per heavy atom. The van der Waals surface area contributed by atoms with Crippen LogP contribution in [0.25, 0.3) is 11.4 Å². The molecule has 0 unspecified atom stereocenters. The number of aromatic nitrogens is 3. The quantitative estimate of drug-likeness (QED) is 0.870. The molecule has 0 spiro atoms. The molecule has 5 heteroatoms. The summed E-state index contributed by atoms with van der Waals surface area (Å²) < 4.78 is 0. The Morgan fingerprint density at radius 3 is 2.58 bits per heavy atom. The number of aromatic amines is 1. The van der Waals surface area contributed by atoms with Crippen molar-refractivity contribution in [1.29, 1.82) is 0 Å². The van der Waals surface area contributed by atoms with Gasteiger partial charge in [0.1, 0.15) is 0 Å². The van der Waals surface area contributed by atoms with Gasteiger partial charge in [-0.25, -0.2) is 9.97 Å². The number of hydrogen-bond acceptors (Lipinski definition) is 3. The number of H-pyrrole nitrogens is 1. The average molecular weight is 258 g/mol. The monoisotopic (exact) mass is 258 g/mol. The maximum atomic E-state index is 11.0. The van der Waals surface area contributed by atoms with Gasteiger partial charge in [-0.2, -0.15) is 0 Å². The van der Waals surface area contributed by atoms with Crippen molar-refractivity contribution in [3.05, 3.63) is 30.1 Å². The Bertz CT molecular complexity index is 595. The second-order valence-corrected chi connectivity index (χ2v) is 5.48. The number of anilines is 1. The van der Waals surface area contributed by atoms with E-state index in [1.54, 1.807) is 6.20 Å². The van der Waals surface area contributed by atoms with Crippen molar-refractivity contribution in [2.45, 2.75) is 33.1 Å². The van der Waals surface area contributed by atoms with Crippen molar-refractivity contribution in [3.8, 4) is 11.4 Å². The molecular weight excluding hydrogens is 240 g/mol. The van der Waals surface area contributed by atoms with E-state index in [0.29, 0.717) is 5.95 Å². The molecule has 0 aliphatic rings. The largest absolute Gasteiger partial charge is 0.357 e. The molecule has 2 aromatic heterocycles. The smallest absolute Gasteiger partial charge is 0.229 e. The lowest BCUT2D eigenvalue weighted by molar-refractivity contribution is -0.114. The molecule has 0 fully saturated rings. The lowest BCUT2D eigenvalue weighted by Crippen LogP contribution is -2.11. The summed E-state index contributed by atoms with van der Waals surface area (Å²) in [5.74, 6) is 0.135. The van der Waals surface area contributed by atoms with Gasteiger partial charge in [0, 0.05) is 24.2 Å². The minimum atomic E-state index is -0.181. The van der Waals surface area contributed by atoms with E-state index in [4.69, 9.17) is 0 Å². The van der Waals surface area contributed by atoms with Gasteiger partial charge in [-0.15, -0.1) is 0 Å². The van der Waals surface area contributed by atoms with E-state index in [2.05, 4.69) is 47.1 Å². The van der Waals surface area contributed by atoms with Gasteiger partial charge in [-0.1, -0.05) is 20.8 Å². The number of amides is 1. The minimum absolute atomic E-state index is 0.0613. The van der Waals surface area contributed by atoms with Crippen LogP contribution in [0.5, 0.6) is 0 Å². The summed E-state index contributed by atoms with van der Waals surface area (Å²) in [6.07, 6.45) is 1.63. The zero-order chi connectivity index (χ0) is 14.0. The van der Waals surface area contributed by atoms with Crippen molar-refractivity contribution < 1.29 is 4.79 Å². The zero-order valence-corrected chi connectivity index (χ0v) is 11.6. The maximum Gasteiger partial charge on any atom is 0.229 e. The molecule has 100 valence electrons. The van der Waals surface area contributed by atoms with E-state index >= 15 is 0 Å². The number of carbonyl (C=O) groups excluding carboxylic acids is 1. The van der Waals surface area contributed by atoms with E-state index in [-0.39, 0.29) is 11.3 Å². The van der Waals surface area contributed by atoms with Crippen molar-refractivity contribution in [2.75, 3.05) is 5.32 Å². The first-order valence-electron chi connectivity index (χ1n) is 6.17. The van der Waals surface area contributed by atoms with Gasteiger partial charge in [0.15, 0.2) is 0 Å². The minimum Gasteiger partial charge on any atom is -0.357 e. The van der Waals surface area contributed by atoms with Gasteiger partial charge >= 0.3 is 0 Å². The first-order valence-corrected chi connectivity index (χ1v) is 6.17. The highest BCUT2D eigenvalue weighted by Crippen LogP contribution is 2.25. The number of carbonyl (C=O) groups is 1. The van der Waals surface area contributed by atoms with Crippen LogP contribution in [0, 0.1) is 0 Å². The Hall–Kier alpha value is -2.17. The van der Waals surface area contributed by atoms with Crippen molar-refractivity contribution in [1.82, 2.24) is 15.0 Å². The van der Waals surface area contributed by atoms with Gasteiger partial charge < -0.3 is 4.98 Å². The van der Waals surface area contributed by atoms with Crippen molar-refractivity contribution in [3.63, 3.8) is 0 Å². The van der Waals surface area contributed by atoms with Gasteiger partial charge in [0.2, 0.25) is 11.9 Å². The third-order valence-electron chi connectivity index (χ3n) is 2.71. The van der Waals surface area contributed by atoms with E-state index in [9.17, 15) is 4.79 Å². The Balaban J connectivity index is 2.31. The molecule has 0 aromatic carbocycles. The van der Waals surface area contributed by atoms with Gasteiger partial charge in [-0.05, 0) is 18.2 Å². The summed E-state index contributed by atoms with van der Waals surface area (Å²) in [4.78, 5) is 22.7. The third kappa shape index (κ3) is 3.19. The maximum absolute atomic E-state index is 11.0. The third-order valence-corrected chi connectivity index (χ3v) is 2.71. The van der Waals surface area contributed by atoms with E-state index in [0.717, 1.165) is 17.1 Å². The van der Waals surface area contributed by atoms with Crippen LogP contribution in [0.15, 0.2) is 24.4 Å². The molecule has 19 heavy (non-hydrogen) atoms. The molecule has 0 saturated carbocycles. The summed E-state index contributed by atoms with van der Waals surface area (Å²) in [5.41, 5.74) is 2.88. The number of rotatable bonds is 2. The number of nitrogens with zero attached hydrogens (tertiary/aromatic N) is 2. The summed E-state index contributed by atoms with van der Waals surface area (Å²) >= 11 is 0. The van der Waals surface area contributed by atoms with Crippen LogP contribution >= 0.6 is 0 Å². The fraction of sp³-hybridized carbons (Fsp3) is 0.357. The molecule has 0 bridgehead atoms. The molecule has 2 heterocycles. The summed E-state index contributed by atoms with van der Waals surface area (Å²) in [5, 5.41) is 2.58. The topological polar surface area (TPSA) is 70.7 Å². The molecule has 0 aliphatic carbocycles. The highest BCUT2D eigenvalue weighted by Gasteiger charge is 2.16. The van der Waals surface area contributed by atoms with Crippen LogP contribution in [0.2, 0.25) is 0 Å². The second kappa shape index (κ2) is 4.84. The van der Waals surface area contributed by atoms with E-state index in [1.807, 2.05) is 12.1 Å². The summed E-state index contributed by atoms with van der Waals surface area (Å²) in [6.45, 7) is 7.87. The molecule has 2 N–H and O–H groups in total. The van der Waals surface area contributed by atoms with Crippen LogP contribution in [-0.2, 0) is 10.2 Å². The lowest BCUT2D eigenvalue weighted by atomic mass is 9.93. The number of hydrogen-bond donors (Lipinski definition) is 2. The average Bonchev–Trinajstić information content (AvgIpc) is 2.77. The van der Waals surface area contributed by atoms with Crippen LogP contribution < -0.4 is 5.32 Å². The molecule has 0 aliphatic heterocycles. The van der Waals surface area contributed by atoms with Crippen LogP contribution in [0.1, 0.15) is 33.4 Å². The van der Waals surface area contributed by atoms with Crippen LogP contribution in [0.4, 0.5) is 5.95 Å². The predicted molar refractivity (Wildman–Crippen MR) is 74.8 cm³/mol. The standard InChI is InChI=1S/C14H18N4O/c1-9(19)16-13-15-8-7-11(18-13)10-5-6-12(17-10)14(2,3)4/h5-8,17H,1-4H3,(H,15,16,18,19). The Kier molecular flexibility index (Phi) is 3.38. The molecular formula is C14H18N4O. The van der Waals surface area contributed by atoms with Gasteiger partial charge in [0.25, 0.3) is 0 Å². The summed E-state index contributed by atoms with van der Waals surface area (Å²) in [7, 11) is 0. The Morgan fingerprint density at radius 1 is 1.26 bits per heavy atom. The van der Waals surface area contributed by atoms with Gasteiger partial charge in [-0.3, -0.25) is 10.1 Å². The fourth-order valence-corrected chi connectivity index (χ4v) is 1.71. The van der Waals surface area contributed by atoms with Crippen LogP contribution in [0.3, 0.4) is 0 Å². The molecule has 1 amide bonds. The van der Waals surface area contributed by atoms with Crippen molar-refractivity contribution in [2.24, 2.45) is 0 Å². The zero-order valence-electron chi connectivity index (χ0n) is 11.6. The molecule has 0 radical (unpaired) electrons. The van der Waals surface area contributed by atoms with Crippen molar-refractivity contribution >= 4 is 11.9 Å². The first-order chi connectivity index (χ1) is 8.86.